The van der Waals surface area contributed by atoms with Gasteiger partial charge in [0.2, 0.25) is 0 Å². The quantitative estimate of drug-likeness (QED) is 0.918. The van der Waals surface area contributed by atoms with Crippen molar-refractivity contribution < 1.29 is 19.4 Å². The zero-order valence-corrected chi connectivity index (χ0v) is 14.6. The molecule has 134 valence electrons. The molecule has 2 aliphatic rings. The Bertz CT molecular complexity index is 895. The maximum atomic E-state index is 12.8. The Morgan fingerprint density at radius 2 is 2.08 bits per heavy atom. The zero-order valence-electron chi connectivity index (χ0n) is 14.6. The van der Waals surface area contributed by atoms with E-state index in [9.17, 15) is 14.7 Å². The molecule has 1 fully saturated rings. The Morgan fingerprint density at radius 3 is 2.85 bits per heavy atom. The van der Waals surface area contributed by atoms with Gasteiger partial charge in [0.1, 0.15) is 5.75 Å². The molecule has 0 aliphatic carbocycles. The summed E-state index contributed by atoms with van der Waals surface area (Å²) in [4.78, 5) is 30.0. The van der Waals surface area contributed by atoms with Crippen LogP contribution in [0.1, 0.15) is 29.3 Å². The van der Waals surface area contributed by atoms with Crippen molar-refractivity contribution in [2.24, 2.45) is 5.41 Å². The Balaban J connectivity index is 1.58. The molecule has 2 aliphatic heterocycles. The summed E-state index contributed by atoms with van der Waals surface area (Å²) < 4.78 is 5.53. The summed E-state index contributed by atoms with van der Waals surface area (Å²) in [7, 11) is 0. The number of aliphatic carboxylic acids is 1. The van der Waals surface area contributed by atoms with E-state index in [1.165, 1.54) is 0 Å². The van der Waals surface area contributed by atoms with E-state index in [1.54, 1.807) is 24.2 Å². The number of carboxylic acid groups (broad SMARTS) is 1. The highest BCUT2D eigenvalue weighted by Gasteiger charge is 2.42. The lowest BCUT2D eigenvalue weighted by Crippen LogP contribution is -2.34. The second kappa shape index (κ2) is 6.12. The molecule has 1 atom stereocenters. The van der Waals surface area contributed by atoms with Gasteiger partial charge in [0.25, 0.3) is 5.91 Å². The summed E-state index contributed by atoms with van der Waals surface area (Å²) in [5, 5.41) is 9.35. The molecule has 6 nitrogen and oxygen atoms in total. The van der Waals surface area contributed by atoms with Crippen LogP contribution < -0.4 is 4.74 Å². The number of likely N-dealkylation sites (tertiary alicyclic amines) is 1. The summed E-state index contributed by atoms with van der Waals surface area (Å²) in [5.74, 6) is -0.118. The molecule has 1 N–H and O–H groups in total. The lowest BCUT2D eigenvalue weighted by atomic mass is 9.90. The molecule has 26 heavy (non-hydrogen) atoms. The van der Waals surface area contributed by atoms with Gasteiger partial charge in [-0.05, 0) is 42.7 Å². The van der Waals surface area contributed by atoms with Crippen LogP contribution in [0.25, 0.3) is 11.1 Å². The van der Waals surface area contributed by atoms with Gasteiger partial charge in [-0.25, -0.2) is 0 Å². The van der Waals surface area contributed by atoms with Gasteiger partial charge in [-0.15, -0.1) is 0 Å². The molecule has 6 heteroatoms. The van der Waals surface area contributed by atoms with Crippen LogP contribution in [0.2, 0.25) is 0 Å². The highest BCUT2D eigenvalue weighted by molar-refractivity contribution is 5.96. The number of aromatic nitrogens is 1. The van der Waals surface area contributed by atoms with Crippen molar-refractivity contribution in [2.45, 2.75) is 19.8 Å². The van der Waals surface area contributed by atoms with Crippen LogP contribution in [0.4, 0.5) is 0 Å². The zero-order chi connectivity index (χ0) is 18.3. The molecule has 1 unspecified atom stereocenters. The number of carbonyl (C=O) groups excluding carboxylic acids is 1. The number of ether oxygens (including phenoxy) is 1. The first-order valence-corrected chi connectivity index (χ1v) is 8.70. The fourth-order valence-electron chi connectivity index (χ4n) is 3.57. The van der Waals surface area contributed by atoms with Crippen LogP contribution in [0.15, 0.2) is 36.7 Å². The van der Waals surface area contributed by atoms with Crippen LogP contribution in [0.3, 0.4) is 0 Å². The molecule has 2 aromatic rings. The van der Waals surface area contributed by atoms with E-state index >= 15 is 0 Å². The monoisotopic (exact) mass is 352 g/mol. The van der Waals surface area contributed by atoms with Gasteiger partial charge in [0, 0.05) is 37.5 Å². The molecule has 1 amide bonds. The standard InChI is InChI=1S/C20H20N2O4/c1-20(19(24)25)5-6-22(12-20)18(23)16-9-15(10-21-11-16)13-2-3-17-14(8-13)4-7-26-17/h2-3,8-11H,4-7,12H2,1H3,(H,24,25). The Kier molecular flexibility index (Phi) is 3.90. The number of benzene rings is 1. The predicted octanol–water partition coefficient (Wildman–Crippen LogP) is 2.62. The van der Waals surface area contributed by atoms with E-state index in [1.807, 2.05) is 18.2 Å². The molecular weight excluding hydrogens is 332 g/mol. The molecule has 1 aromatic carbocycles. The van der Waals surface area contributed by atoms with E-state index in [4.69, 9.17) is 4.74 Å². The smallest absolute Gasteiger partial charge is 0.311 e. The molecule has 0 spiro atoms. The number of amides is 1. The molecule has 4 rings (SSSR count). The third kappa shape index (κ3) is 2.81. The van der Waals surface area contributed by atoms with Crippen molar-refractivity contribution in [1.29, 1.82) is 0 Å². The molecule has 0 bridgehead atoms. The maximum Gasteiger partial charge on any atom is 0.311 e. The van der Waals surface area contributed by atoms with Gasteiger partial charge in [-0.3, -0.25) is 14.6 Å². The summed E-state index contributed by atoms with van der Waals surface area (Å²) in [6, 6.07) is 7.81. The number of carboxylic acids is 1. The van der Waals surface area contributed by atoms with Gasteiger partial charge >= 0.3 is 5.97 Å². The number of nitrogens with zero attached hydrogens (tertiary/aromatic N) is 2. The molecule has 3 heterocycles. The predicted molar refractivity (Wildman–Crippen MR) is 95.1 cm³/mol. The maximum absolute atomic E-state index is 12.8. The number of rotatable bonds is 3. The van der Waals surface area contributed by atoms with Crippen molar-refractivity contribution in [3.8, 4) is 16.9 Å². The average molecular weight is 352 g/mol. The second-order valence-corrected chi connectivity index (χ2v) is 7.23. The first-order valence-electron chi connectivity index (χ1n) is 8.70. The van der Waals surface area contributed by atoms with Crippen molar-refractivity contribution in [1.82, 2.24) is 9.88 Å². The van der Waals surface area contributed by atoms with E-state index in [0.717, 1.165) is 28.9 Å². The fraction of sp³-hybridized carbons (Fsp3) is 0.350. The molecule has 1 saturated heterocycles. The number of fused-ring (bicyclic) bond motifs is 1. The third-order valence-corrected chi connectivity index (χ3v) is 5.28. The largest absolute Gasteiger partial charge is 0.493 e. The highest BCUT2D eigenvalue weighted by Crippen LogP contribution is 2.32. The third-order valence-electron chi connectivity index (χ3n) is 5.28. The van der Waals surface area contributed by atoms with E-state index in [2.05, 4.69) is 11.1 Å². The number of pyridine rings is 1. The second-order valence-electron chi connectivity index (χ2n) is 7.23. The Labute approximate surface area is 151 Å². The minimum Gasteiger partial charge on any atom is -0.493 e. The van der Waals surface area contributed by atoms with Gasteiger partial charge in [0.15, 0.2) is 0 Å². The Hall–Kier alpha value is -2.89. The van der Waals surface area contributed by atoms with Crippen LogP contribution in [0.5, 0.6) is 5.75 Å². The van der Waals surface area contributed by atoms with Gasteiger partial charge in [0.05, 0.1) is 17.6 Å². The number of hydrogen-bond donors (Lipinski definition) is 1. The normalized spacial score (nSPS) is 21.3. The summed E-state index contributed by atoms with van der Waals surface area (Å²) in [5.41, 5.74) is 2.63. The molecule has 0 radical (unpaired) electrons. The minimum absolute atomic E-state index is 0.172. The van der Waals surface area contributed by atoms with Crippen LogP contribution >= 0.6 is 0 Å². The summed E-state index contributed by atoms with van der Waals surface area (Å²) in [6.45, 7) is 3.06. The van der Waals surface area contributed by atoms with Crippen molar-refractivity contribution in [3.05, 3.63) is 47.8 Å². The number of hydrogen-bond acceptors (Lipinski definition) is 4. The summed E-state index contributed by atoms with van der Waals surface area (Å²) >= 11 is 0. The molecular formula is C20H20N2O4. The van der Waals surface area contributed by atoms with Crippen LogP contribution in [-0.2, 0) is 11.2 Å². The van der Waals surface area contributed by atoms with Crippen molar-refractivity contribution >= 4 is 11.9 Å². The first-order chi connectivity index (χ1) is 12.5. The number of carbonyl (C=O) groups is 2. The Morgan fingerprint density at radius 1 is 1.23 bits per heavy atom. The topological polar surface area (TPSA) is 79.7 Å². The van der Waals surface area contributed by atoms with E-state index in [-0.39, 0.29) is 12.5 Å². The molecule has 0 saturated carbocycles. The highest BCUT2D eigenvalue weighted by atomic mass is 16.5. The molecule has 1 aromatic heterocycles. The first kappa shape index (κ1) is 16.6. The minimum atomic E-state index is -0.874. The fourth-order valence-corrected chi connectivity index (χ4v) is 3.57. The van der Waals surface area contributed by atoms with Gasteiger partial charge < -0.3 is 14.7 Å². The average Bonchev–Trinajstić information content (AvgIpc) is 3.28. The van der Waals surface area contributed by atoms with Crippen molar-refractivity contribution in [2.75, 3.05) is 19.7 Å². The van der Waals surface area contributed by atoms with Gasteiger partial charge in [-0.1, -0.05) is 6.07 Å². The van der Waals surface area contributed by atoms with E-state index in [0.29, 0.717) is 25.1 Å². The van der Waals surface area contributed by atoms with E-state index < -0.39 is 11.4 Å². The van der Waals surface area contributed by atoms with Crippen LogP contribution in [0, 0.1) is 5.41 Å². The van der Waals surface area contributed by atoms with Gasteiger partial charge in [-0.2, -0.15) is 0 Å². The van der Waals surface area contributed by atoms with Crippen LogP contribution in [-0.4, -0.2) is 46.6 Å². The van der Waals surface area contributed by atoms with Crippen molar-refractivity contribution in [3.63, 3.8) is 0 Å². The lowest BCUT2D eigenvalue weighted by molar-refractivity contribution is -0.147. The summed E-state index contributed by atoms with van der Waals surface area (Å²) in [6.07, 6.45) is 4.63. The SMILES string of the molecule is CC1(C(=O)O)CCN(C(=O)c2cncc(-c3ccc4c(c3)CCO4)c2)C1. The lowest BCUT2D eigenvalue weighted by Gasteiger charge is -2.20.